The molecule has 144 valence electrons. The monoisotopic (exact) mass is 429 g/mol. The topological polar surface area (TPSA) is 29.1 Å². The molecule has 0 amide bonds. The first-order valence-electron chi connectivity index (χ1n) is 8.62. The van der Waals surface area contributed by atoms with E-state index in [-0.39, 0.29) is 18.0 Å². The van der Waals surface area contributed by atoms with Crippen molar-refractivity contribution in [2.45, 2.75) is 11.4 Å². The average molecular weight is 430 g/mol. The van der Waals surface area contributed by atoms with E-state index in [1.165, 1.54) is 16.2 Å². The normalized spacial score (nSPS) is 15.4. The smallest absolute Gasteiger partial charge is 0.272 e. The third kappa shape index (κ3) is 3.55. The Morgan fingerprint density at radius 2 is 1.93 bits per heavy atom. The van der Waals surface area contributed by atoms with Gasteiger partial charge in [0.15, 0.2) is 6.20 Å². The Labute approximate surface area is 178 Å². The molecule has 7 heteroatoms. The number of aryl methyl sites for hydroxylation is 1. The maximum Gasteiger partial charge on any atom is 0.272 e. The number of hydrogen-bond donors (Lipinski definition) is 0. The van der Waals surface area contributed by atoms with E-state index in [1.54, 1.807) is 22.4 Å². The molecule has 0 aliphatic carbocycles. The second kappa shape index (κ2) is 8.39. The molecule has 0 saturated heterocycles. The highest BCUT2D eigenvalue weighted by molar-refractivity contribution is 8.08. The minimum Gasteiger partial charge on any atom is -1.00 e. The third-order valence-electron chi connectivity index (χ3n) is 4.52. The van der Waals surface area contributed by atoms with E-state index in [2.05, 4.69) is 29.7 Å². The molecule has 0 spiro atoms. The molecule has 0 unspecified atom stereocenters. The predicted octanol–water partition coefficient (Wildman–Crippen LogP) is -0.939. The lowest BCUT2D eigenvalue weighted by Gasteiger charge is -2.11. The van der Waals surface area contributed by atoms with Gasteiger partial charge >= 0.3 is 0 Å². The van der Waals surface area contributed by atoms with Crippen molar-refractivity contribution in [3.05, 3.63) is 86.6 Å². The van der Waals surface area contributed by atoms with Gasteiger partial charge in [-0.25, -0.2) is 4.57 Å². The van der Waals surface area contributed by atoms with E-state index in [0.717, 1.165) is 25.6 Å². The summed E-state index contributed by atoms with van der Waals surface area (Å²) in [5, 5.41) is 0.987. The van der Waals surface area contributed by atoms with E-state index < -0.39 is 0 Å². The van der Waals surface area contributed by atoms with Crippen LogP contribution >= 0.6 is 23.1 Å². The van der Waals surface area contributed by atoms with Crippen molar-refractivity contribution in [1.29, 1.82) is 0 Å². The number of halogens is 1. The number of rotatable bonds is 3. The van der Waals surface area contributed by atoms with Crippen molar-refractivity contribution in [1.82, 2.24) is 4.57 Å². The molecular weight excluding hydrogens is 410 g/mol. The summed E-state index contributed by atoms with van der Waals surface area (Å²) >= 11 is 3.19. The Morgan fingerprint density at radius 1 is 1.18 bits per heavy atom. The average Bonchev–Trinajstić information content (AvgIpc) is 3.16. The lowest BCUT2D eigenvalue weighted by molar-refractivity contribution is -0.673. The molecule has 0 fully saturated rings. The third-order valence-corrected chi connectivity index (χ3v) is 7.01. The number of nitrogens with zero attached hydrogens (tertiary/aromatic N) is 3. The van der Waals surface area contributed by atoms with Crippen molar-refractivity contribution < 1.29 is 17.0 Å². The molecule has 3 heterocycles. The lowest BCUT2D eigenvalue weighted by atomic mass is 10.3. The van der Waals surface area contributed by atoms with Crippen molar-refractivity contribution >= 4 is 39.9 Å². The van der Waals surface area contributed by atoms with Gasteiger partial charge in [-0.1, -0.05) is 30.0 Å². The van der Waals surface area contributed by atoms with Gasteiger partial charge in [-0.2, -0.15) is 0 Å². The van der Waals surface area contributed by atoms with Gasteiger partial charge in [0.05, 0.1) is 5.69 Å². The maximum atomic E-state index is 13.2. The fraction of sp³-hybridized carbons (Fsp3) is 0.143. The number of benzene rings is 1. The van der Waals surface area contributed by atoms with Crippen molar-refractivity contribution in [2.24, 2.45) is 7.05 Å². The molecule has 2 aromatic heterocycles. The number of thiazole rings is 1. The highest BCUT2D eigenvalue weighted by Crippen LogP contribution is 2.44. The quantitative estimate of drug-likeness (QED) is 0.397. The SMILES string of the molecule is C=CCn1c(=O)/c(=C2\Sc3ccccc3N2C)s/c1=C\c1cccc[n+]1C.[Cl-]. The molecule has 1 aliphatic heterocycles. The van der Waals surface area contributed by atoms with Gasteiger partial charge in [0.2, 0.25) is 5.69 Å². The summed E-state index contributed by atoms with van der Waals surface area (Å²) in [6.07, 6.45) is 5.83. The second-order valence-corrected chi connectivity index (χ2v) is 8.35. The Morgan fingerprint density at radius 3 is 2.64 bits per heavy atom. The zero-order chi connectivity index (χ0) is 19.0. The number of allylic oxidation sites excluding steroid dienone is 1. The molecule has 1 aliphatic rings. The molecule has 4 nitrogen and oxygen atoms in total. The summed E-state index contributed by atoms with van der Waals surface area (Å²) in [6.45, 7) is 4.31. The molecule has 0 bridgehead atoms. The van der Waals surface area contributed by atoms with Crippen LogP contribution in [0.4, 0.5) is 5.69 Å². The molecule has 0 atom stereocenters. The van der Waals surface area contributed by atoms with Crippen LogP contribution in [0.2, 0.25) is 0 Å². The predicted molar refractivity (Wildman–Crippen MR) is 113 cm³/mol. The molecule has 0 N–H and O–H groups in total. The summed E-state index contributed by atoms with van der Waals surface area (Å²) in [6, 6.07) is 14.3. The van der Waals surface area contributed by atoms with Crippen LogP contribution in [0, 0.1) is 0 Å². The molecule has 0 radical (unpaired) electrons. The number of para-hydroxylation sites is 1. The van der Waals surface area contributed by atoms with Crippen LogP contribution in [-0.2, 0) is 13.6 Å². The summed E-state index contributed by atoms with van der Waals surface area (Å²) < 4.78 is 5.53. The lowest BCUT2D eigenvalue weighted by Crippen LogP contribution is -3.00. The van der Waals surface area contributed by atoms with Gasteiger partial charge in [-0.15, -0.1) is 17.9 Å². The largest absolute Gasteiger partial charge is 1.00 e. The summed E-state index contributed by atoms with van der Waals surface area (Å²) in [4.78, 5) is 16.5. The van der Waals surface area contributed by atoms with Gasteiger partial charge in [-0.3, -0.25) is 9.36 Å². The second-order valence-electron chi connectivity index (χ2n) is 6.29. The highest BCUT2D eigenvalue weighted by atomic mass is 35.5. The van der Waals surface area contributed by atoms with E-state index in [9.17, 15) is 4.79 Å². The summed E-state index contributed by atoms with van der Waals surface area (Å²) in [5.74, 6) is 0. The van der Waals surface area contributed by atoms with Gasteiger partial charge in [0, 0.05) is 36.7 Å². The number of aromatic nitrogens is 2. The van der Waals surface area contributed by atoms with Crippen molar-refractivity contribution in [3.8, 4) is 0 Å². The summed E-state index contributed by atoms with van der Waals surface area (Å²) in [5.41, 5.74) is 2.22. The molecule has 28 heavy (non-hydrogen) atoms. The van der Waals surface area contributed by atoms with E-state index in [0.29, 0.717) is 6.54 Å². The number of fused-ring (bicyclic) bond motifs is 1. The van der Waals surface area contributed by atoms with Crippen LogP contribution in [0.15, 0.2) is 71.0 Å². The van der Waals surface area contributed by atoms with E-state index in [1.807, 2.05) is 55.2 Å². The minimum absolute atomic E-state index is 0. The van der Waals surface area contributed by atoms with Crippen LogP contribution in [0.5, 0.6) is 0 Å². The number of hydrogen-bond acceptors (Lipinski definition) is 4. The standard InChI is InChI=1S/C21H20N3OS2.ClH/c1-4-12-24-18(14-15-9-7-8-13-22(15)2)27-19(20(24)25)21-23(3)16-10-5-6-11-17(16)26-21;/h4-11,13-14H,1,12H2,2-3H3;1H/q+1;/p-1/b21-19+;. The van der Waals surface area contributed by atoms with Gasteiger partial charge in [0.25, 0.3) is 5.56 Å². The van der Waals surface area contributed by atoms with Crippen LogP contribution in [-0.4, -0.2) is 11.6 Å². The van der Waals surface area contributed by atoms with E-state index >= 15 is 0 Å². The van der Waals surface area contributed by atoms with Crippen LogP contribution < -0.4 is 36.6 Å². The fourth-order valence-corrected chi connectivity index (χ4v) is 5.49. The molecule has 0 saturated carbocycles. The first-order chi connectivity index (χ1) is 13.1. The van der Waals surface area contributed by atoms with Crippen LogP contribution in [0.3, 0.4) is 0 Å². The molecule has 3 aromatic rings. The number of thioether (sulfide) groups is 1. The number of anilines is 1. The summed E-state index contributed by atoms with van der Waals surface area (Å²) in [7, 11) is 4.02. The van der Waals surface area contributed by atoms with Gasteiger partial charge in [0.1, 0.15) is 21.3 Å². The molecule has 4 rings (SSSR count). The molecular formula is C21H20ClN3OS2. The zero-order valence-electron chi connectivity index (χ0n) is 15.6. The van der Waals surface area contributed by atoms with Crippen molar-refractivity contribution in [3.63, 3.8) is 0 Å². The fourth-order valence-electron chi connectivity index (χ4n) is 3.08. The molecule has 1 aromatic carbocycles. The van der Waals surface area contributed by atoms with E-state index in [4.69, 9.17) is 0 Å². The maximum absolute atomic E-state index is 13.2. The Hall–Kier alpha value is -2.28. The highest BCUT2D eigenvalue weighted by Gasteiger charge is 2.24. The zero-order valence-corrected chi connectivity index (χ0v) is 18.0. The first-order valence-corrected chi connectivity index (χ1v) is 10.3. The van der Waals surface area contributed by atoms with Gasteiger partial charge < -0.3 is 17.3 Å². The number of pyridine rings is 1. The minimum atomic E-state index is 0. The van der Waals surface area contributed by atoms with Gasteiger partial charge in [-0.05, 0) is 18.2 Å². The first kappa shape index (κ1) is 20.5. The van der Waals surface area contributed by atoms with Crippen LogP contribution in [0.25, 0.3) is 11.1 Å². The Balaban J connectivity index is 0.00000225. The Bertz CT molecular complexity index is 1210. The Kier molecular flexibility index (Phi) is 6.13. The van der Waals surface area contributed by atoms with Crippen LogP contribution in [0.1, 0.15) is 5.69 Å². The van der Waals surface area contributed by atoms with Crippen molar-refractivity contribution in [2.75, 3.05) is 11.9 Å².